The lowest BCUT2D eigenvalue weighted by atomic mass is 10.0. The molecule has 2 saturated heterocycles. The molecule has 20 heavy (non-hydrogen) atoms. The van der Waals surface area contributed by atoms with Crippen LogP contribution < -0.4 is 5.56 Å². The van der Waals surface area contributed by atoms with Crippen LogP contribution in [0.25, 0.3) is 0 Å². The van der Waals surface area contributed by atoms with Crippen LogP contribution in [0.5, 0.6) is 0 Å². The Bertz CT molecular complexity index is 545. The number of carbonyl (C=O) groups excluding carboxylic acids is 1. The second-order valence-electron chi connectivity index (χ2n) is 5.53. The highest BCUT2D eigenvalue weighted by Gasteiger charge is 2.42. The predicted molar refractivity (Wildman–Crippen MR) is 78.7 cm³/mol. The molecule has 5 nitrogen and oxygen atoms in total. The Morgan fingerprint density at radius 3 is 2.70 bits per heavy atom. The van der Waals surface area contributed by atoms with Crippen LogP contribution in [0, 0.1) is 0 Å². The first-order chi connectivity index (χ1) is 9.69. The summed E-state index contributed by atoms with van der Waals surface area (Å²) < 4.78 is 1.25. The van der Waals surface area contributed by atoms with Crippen LogP contribution in [-0.2, 0) is 11.3 Å². The third-order valence-corrected chi connectivity index (χ3v) is 5.43. The number of piperidine rings is 1. The fourth-order valence-electron chi connectivity index (χ4n) is 3.44. The molecular weight excluding hydrogens is 274 g/mol. The van der Waals surface area contributed by atoms with E-state index in [1.54, 1.807) is 12.3 Å². The lowest BCUT2D eigenvalue weighted by molar-refractivity contribution is -0.136. The number of nitrogens with zero attached hydrogens (tertiary/aromatic N) is 3. The van der Waals surface area contributed by atoms with Crippen molar-refractivity contribution >= 4 is 17.7 Å². The summed E-state index contributed by atoms with van der Waals surface area (Å²) in [5.74, 6) is 0.0397. The summed E-state index contributed by atoms with van der Waals surface area (Å²) >= 11 is 1.91. The van der Waals surface area contributed by atoms with Gasteiger partial charge in [0.05, 0.1) is 0 Å². The van der Waals surface area contributed by atoms with Crippen LogP contribution in [0.1, 0.15) is 25.7 Å². The normalized spacial score (nSPS) is 28.6. The molecule has 0 aliphatic carbocycles. The monoisotopic (exact) mass is 293 g/mol. The van der Waals surface area contributed by atoms with Gasteiger partial charge in [0.15, 0.2) is 0 Å². The van der Waals surface area contributed by atoms with Crippen LogP contribution in [-0.4, -0.2) is 44.2 Å². The van der Waals surface area contributed by atoms with Gasteiger partial charge in [-0.05, 0) is 38.0 Å². The number of carbonyl (C=O) groups is 1. The molecule has 2 atom stereocenters. The van der Waals surface area contributed by atoms with E-state index >= 15 is 0 Å². The van der Waals surface area contributed by atoms with Crippen LogP contribution >= 0.6 is 11.8 Å². The molecule has 2 aliphatic rings. The van der Waals surface area contributed by atoms with Gasteiger partial charge in [0.25, 0.3) is 5.56 Å². The molecule has 3 rings (SSSR count). The zero-order chi connectivity index (χ0) is 14.1. The molecule has 2 bridgehead atoms. The van der Waals surface area contributed by atoms with Crippen LogP contribution in [0.2, 0.25) is 0 Å². The zero-order valence-corrected chi connectivity index (χ0v) is 12.4. The second-order valence-corrected chi connectivity index (χ2v) is 6.67. The van der Waals surface area contributed by atoms with Gasteiger partial charge in [0.1, 0.15) is 6.54 Å². The van der Waals surface area contributed by atoms with Crippen molar-refractivity contribution in [3.8, 4) is 0 Å². The van der Waals surface area contributed by atoms with E-state index in [1.807, 2.05) is 16.7 Å². The first kappa shape index (κ1) is 13.7. The Balaban J connectivity index is 1.73. The average Bonchev–Trinajstić information content (AvgIpc) is 2.72. The van der Waals surface area contributed by atoms with Crippen LogP contribution in [0.4, 0.5) is 0 Å². The lowest BCUT2D eigenvalue weighted by Crippen LogP contribution is -2.49. The van der Waals surface area contributed by atoms with Gasteiger partial charge in [-0.3, -0.25) is 9.59 Å². The quantitative estimate of drug-likeness (QED) is 0.838. The molecule has 0 spiro atoms. The number of hydrogen-bond acceptors (Lipinski definition) is 4. The molecule has 3 heterocycles. The van der Waals surface area contributed by atoms with Crippen molar-refractivity contribution in [3.63, 3.8) is 0 Å². The molecule has 2 fully saturated rings. The SMILES string of the molecule is CSC1CC2CCC(C1)N2C(=O)Cn1ncccc1=O. The van der Waals surface area contributed by atoms with E-state index in [0.29, 0.717) is 17.3 Å². The Morgan fingerprint density at radius 2 is 2.10 bits per heavy atom. The van der Waals surface area contributed by atoms with Crippen LogP contribution in [0.3, 0.4) is 0 Å². The lowest BCUT2D eigenvalue weighted by Gasteiger charge is -2.38. The fraction of sp³-hybridized carbons (Fsp3) is 0.643. The molecule has 0 aromatic carbocycles. The third-order valence-electron chi connectivity index (χ3n) is 4.38. The molecule has 2 aliphatic heterocycles. The van der Waals surface area contributed by atoms with Crippen molar-refractivity contribution in [3.05, 3.63) is 28.7 Å². The summed E-state index contributed by atoms with van der Waals surface area (Å²) in [6.07, 6.45) is 8.06. The number of hydrogen-bond donors (Lipinski definition) is 0. The molecule has 1 amide bonds. The van der Waals surface area contributed by atoms with E-state index in [2.05, 4.69) is 11.4 Å². The standard InChI is InChI=1S/C14H19N3O2S/c1-20-12-7-10-4-5-11(8-12)17(10)14(19)9-16-13(18)3-2-6-15-16/h2-3,6,10-12H,4-5,7-9H2,1H3. The third kappa shape index (κ3) is 2.49. The summed E-state index contributed by atoms with van der Waals surface area (Å²) in [6, 6.07) is 3.75. The van der Waals surface area contributed by atoms with Crippen molar-refractivity contribution in [2.75, 3.05) is 6.26 Å². The van der Waals surface area contributed by atoms with E-state index in [-0.39, 0.29) is 18.0 Å². The molecule has 0 N–H and O–H groups in total. The molecule has 0 saturated carbocycles. The first-order valence-corrected chi connectivity index (χ1v) is 8.34. The van der Waals surface area contributed by atoms with Crippen molar-refractivity contribution in [2.24, 2.45) is 0 Å². The summed E-state index contributed by atoms with van der Waals surface area (Å²) in [5.41, 5.74) is -0.216. The maximum Gasteiger partial charge on any atom is 0.267 e. The van der Waals surface area contributed by atoms with E-state index in [0.717, 1.165) is 25.7 Å². The van der Waals surface area contributed by atoms with Gasteiger partial charge in [-0.15, -0.1) is 0 Å². The summed E-state index contributed by atoms with van der Waals surface area (Å²) in [6.45, 7) is 0.0661. The largest absolute Gasteiger partial charge is 0.335 e. The summed E-state index contributed by atoms with van der Waals surface area (Å²) in [4.78, 5) is 26.2. The molecule has 2 unspecified atom stereocenters. The number of fused-ring (bicyclic) bond motifs is 2. The van der Waals surface area contributed by atoms with Crippen molar-refractivity contribution in [1.82, 2.24) is 14.7 Å². The van der Waals surface area contributed by atoms with E-state index < -0.39 is 0 Å². The van der Waals surface area contributed by atoms with Gasteiger partial charge < -0.3 is 4.90 Å². The highest BCUT2D eigenvalue weighted by molar-refractivity contribution is 7.99. The minimum atomic E-state index is -0.216. The topological polar surface area (TPSA) is 55.2 Å². The van der Waals surface area contributed by atoms with Gasteiger partial charge in [0.2, 0.25) is 5.91 Å². The van der Waals surface area contributed by atoms with E-state index in [9.17, 15) is 9.59 Å². The van der Waals surface area contributed by atoms with Gasteiger partial charge in [0, 0.05) is 29.6 Å². The van der Waals surface area contributed by atoms with Gasteiger partial charge in [-0.25, -0.2) is 4.68 Å². The van der Waals surface area contributed by atoms with Crippen molar-refractivity contribution in [1.29, 1.82) is 0 Å². The summed E-state index contributed by atoms with van der Waals surface area (Å²) in [5, 5.41) is 4.64. The molecule has 108 valence electrons. The minimum absolute atomic E-state index is 0.0397. The predicted octanol–water partition coefficient (Wildman–Crippen LogP) is 1.13. The highest BCUT2D eigenvalue weighted by Crippen LogP contribution is 2.39. The highest BCUT2D eigenvalue weighted by atomic mass is 32.2. The Labute approximate surface area is 122 Å². The number of thioether (sulfide) groups is 1. The zero-order valence-electron chi connectivity index (χ0n) is 11.6. The second kappa shape index (κ2) is 5.60. The fourth-order valence-corrected chi connectivity index (χ4v) is 4.27. The molecule has 6 heteroatoms. The first-order valence-electron chi connectivity index (χ1n) is 7.05. The smallest absolute Gasteiger partial charge is 0.267 e. The Hall–Kier alpha value is -1.30. The average molecular weight is 293 g/mol. The Kier molecular flexibility index (Phi) is 3.83. The van der Waals surface area contributed by atoms with Crippen molar-refractivity contribution in [2.45, 2.75) is 49.6 Å². The minimum Gasteiger partial charge on any atom is -0.335 e. The Morgan fingerprint density at radius 1 is 1.40 bits per heavy atom. The number of aromatic nitrogens is 2. The number of amides is 1. The van der Waals surface area contributed by atoms with Crippen LogP contribution in [0.15, 0.2) is 23.1 Å². The van der Waals surface area contributed by atoms with Gasteiger partial charge in [-0.1, -0.05) is 0 Å². The van der Waals surface area contributed by atoms with E-state index in [1.165, 1.54) is 10.7 Å². The van der Waals surface area contributed by atoms with Gasteiger partial charge in [-0.2, -0.15) is 16.9 Å². The molecule has 0 radical (unpaired) electrons. The van der Waals surface area contributed by atoms with Crippen molar-refractivity contribution < 1.29 is 4.79 Å². The molecule has 1 aromatic heterocycles. The van der Waals surface area contributed by atoms with E-state index in [4.69, 9.17) is 0 Å². The maximum absolute atomic E-state index is 12.5. The maximum atomic E-state index is 12.5. The molecular formula is C14H19N3O2S. The number of rotatable bonds is 3. The summed E-state index contributed by atoms with van der Waals surface area (Å²) in [7, 11) is 0. The van der Waals surface area contributed by atoms with Gasteiger partial charge >= 0.3 is 0 Å². The molecule has 1 aromatic rings.